The van der Waals surface area contributed by atoms with Crippen LogP contribution in [-0.4, -0.2) is 32.9 Å². The van der Waals surface area contributed by atoms with Gasteiger partial charge in [0.2, 0.25) is 5.75 Å². The molecule has 4 heteroatoms. The van der Waals surface area contributed by atoms with Gasteiger partial charge in [0.1, 0.15) is 0 Å². The van der Waals surface area contributed by atoms with E-state index in [0.29, 0.717) is 11.5 Å². The highest BCUT2D eigenvalue weighted by molar-refractivity contribution is 5.76. The second-order valence-corrected chi connectivity index (χ2v) is 4.84. The zero-order valence-electron chi connectivity index (χ0n) is 13.3. The van der Waals surface area contributed by atoms with Crippen molar-refractivity contribution in [3.05, 3.63) is 35.9 Å². The third-order valence-corrected chi connectivity index (χ3v) is 3.20. The predicted molar refractivity (Wildman–Crippen MR) is 87.2 cm³/mol. The van der Waals surface area contributed by atoms with Gasteiger partial charge in [-0.15, -0.1) is 0 Å². The van der Waals surface area contributed by atoms with Crippen LogP contribution >= 0.6 is 0 Å². The Bertz CT molecular complexity index is 488. The van der Waals surface area contributed by atoms with E-state index in [1.54, 1.807) is 12.1 Å². The summed E-state index contributed by atoms with van der Waals surface area (Å²) < 4.78 is 10.3. The Morgan fingerprint density at radius 2 is 1.86 bits per heavy atom. The summed E-state index contributed by atoms with van der Waals surface area (Å²) >= 11 is 0. The first-order chi connectivity index (χ1) is 10.1. The van der Waals surface area contributed by atoms with E-state index >= 15 is 0 Å². The minimum atomic E-state index is 0.00420. The number of ether oxygens (including phenoxy) is 2. The van der Waals surface area contributed by atoms with E-state index in [1.807, 2.05) is 7.05 Å². The molecular weight excluding hydrogens is 266 g/mol. The van der Waals surface area contributed by atoms with E-state index in [9.17, 15) is 5.11 Å². The van der Waals surface area contributed by atoms with Crippen molar-refractivity contribution in [2.75, 3.05) is 27.8 Å². The minimum Gasteiger partial charge on any atom is -0.502 e. The van der Waals surface area contributed by atoms with Crippen LogP contribution in [0.2, 0.25) is 0 Å². The van der Waals surface area contributed by atoms with Crippen molar-refractivity contribution in [2.45, 2.75) is 19.8 Å². The highest BCUT2D eigenvalue weighted by Gasteiger charge is 2.12. The number of aromatic hydroxyl groups is 1. The van der Waals surface area contributed by atoms with E-state index in [1.165, 1.54) is 19.8 Å². The van der Waals surface area contributed by atoms with Crippen molar-refractivity contribution in [2.24, 2.45) is 0 Å². The van der Waals surface area contributed by atoms with Gasteiger partial charge in [-0.05, 0) is 36.7 Å². The smallest absolute Gasteiger partial charge is 0.200 e. The van der Waals surface area contributed by atoms with Crippen LogP contribution in [0.1, 0.15) is 25.3 Å². The standard InChI is InChI=1S/C17H25NO3/c1-6-7-13(11-18-3)8-12(2)14-9-15(20-4)17(19)16(10-14)21-5/h8-10,18-19H,2,6-7,11H2,1,3-5H3/b13-8+. The van der Waals surface area contributed by atoms with Crippen molar-refractivity contribution in [1.82, 2.24) is 5.32 Å². The minimum absolute atomic E-state index is 0.00420. The van der Waals surface area contributed by atoms with Gasteiger partial charge in [0, 0.05) is 6.54 Å². The lowest BCUT2D eigenvalue weighted by molar-refractivity contribution is 0.339. The summed E-state index contributed by atoms with van der Waals surface area (Å²) in [6.45, 7) is 7.10. The van der Waals surface area contributed by atoms with Gasteiger partial charge < -0.3 is 19.9 Å². The molecule has 21 heavy (non-hydrogen) atoms. The van der Waals surface area contributed by atoms with Gasteiger partial charge in [0.25, 0.3) is 0 Å². The SMILES string of the molecule is C=C(/C=C(\CCC)CNC)c1cc(OC)c(O)c(OC)c1. The first kappa shape index (κ1) is 17.1. The molecule has 0 fully saturated rings. The summed E-state index contributed by atoms with van der Waals surface area (Å²) in [7, 11) is 4.96. The predicted octanol–water partition coefficient (Wildman–Crippen LogP) is 3.37. The van der Waals surface area contributed by atoms with Crippen molar-refractivity contribution in [3.8, 4) is 17.2 Å². The highest BCUT2D eigenvalue weighted by atomic mass is 16.5. The van der Waals surface area contributed by atoms with Gasteiger partial charge in [0.15, 0.2) is 11.5 Å². The number of allylic oxidation sites excluding steroid dienone is 2. The molecular formula is C17H25NO3. The monoisotopic (exact) mass is 291 g/mol. The van der Waals surface area contributed by atoms with E-state index in [2.05, 4.69) is 24.9 Å². The normalized spacial score (nSPS) is 11.3. The maximum atomic E-state index is 9.94. The first-order valence-electron chi connectivity index (χ1n) is 7.05. The average molecular weight is 291 g/mol. The maximum Gasteiger partial charge on any atom is 0.200 e. The van der Waals surface area contributed by atoms with E-state index in [0.717, 1.165) is 30.5 Å². The van der Waals surface area contributed by atoms with Crippen LogP contribution in [0.3, 0.4) is 0 Å². The van der Waals surface area contributed by atoms with Crippen LogP contribution < -0.4 is 14.8 Å². The van der Waals surface area contributed by atoms with Crippen LogP contribution in [0.25, 0.3) is 5.57 Å². The summed E-state index contributed by atoms with van der Waals surface area (Å²) in [4.78, 5) is 0. The molecule has 0 saturated heterocycles. The Labute approximate surface area is 127 Å². The maximum absolute atomic E-state index is 9.94. The molecule has 1 aromatic rings. The van der Waals surface area contributed by atoms with Crippen LogP contribution in [0.4, 0.5) is 0 Å². The fourth-order valence-corrected chi connectivity index (χ4v) is 2.17. The molecule has 4 nitrogen and oxygen atoms in total. The molecule has 0 aromatic heterocycles. The lowest BCUT2D eigenvalue weighted by Crippen LogP contribution is -2.10. The lowest BCUT2D eigenvalue weighted by Gasteiger charge is -2.12. The molecule has 1 rings (SSSR count). The second kappa shape index (κ2) is 8.37. The Hall–Kier alpha value is -1.94. The first-order valence-corrected chi connectivity index (χ1v) is 7.05. The molecule has 0 saturated carbocycles. The fraction of sp³-hybridized carbons (Fsp3) is 0.412. The number of phenols is 1. The zero-order chi connectivity index (χ0) is 15.8. The van der Waals surface area contributed by atoms with Crippen molar-refractivity contribution in [1.29, 1.82) is 0 Å². The van der Waals surface area contributed by atoms with Crippen LogP contribution in [0.5, 0.6) is 17.2 Å². The molecule has 1 aromatic carbocycles. The summed E-state index contributed by atoms with van der Waals surface area (Å²) in [6, 6.07) is 3.53. The summed E-state index contributed by atoms with van der Waals surface area (Å²) in [6.07, 6.45) is 4.18. The number of phenolic OH excluding ortho intramolecular Hbond substituents is 1. The molecule has 0 aliphatic heterocycles. The van der Waals surface area contributed by atoms with Crippen LogP contribution in [0.15, 0.2) is 30.4 Å². The third-order valence-electron chi connectivity index (χ3n) is 3.20. The van der Waals surface area contributed by atoms with E-state index < -0.39 is 0 Å². The number of benzene rings is 1. The van der Waals surface area contributed by atoms with Crippen LogP contribution in [0, 0.1) is 0 Å². The summed E-state index contributed by atoms with van der Waals surface area (Å²) in [5, 5.41) is 13.1. The Balaban J connectivity index is 3.14. The Kier molecular flexibility index (Phi) is 6.82. The quantitative estimate of drug-likeness (QED) is 0.721. The summed E-state index contributed by atoms with van der Waals surface area (Å²) in [5.41, 5.74) is 3.02. The third kappa shape index (κ3) is 4.53. The largest absolute Gasteiger partial charge is 0.502 e. The Morgan fingerprint density at radius 3 is 2.29 bits per heavy atom. The van der Waals surface area contributed by atoms with Gasteiger partial charge in [-0.1, -0.05) is 31.6 Å². The molecule has 2 N–H and O–H groups in total. The van der Waals surface area contributed by atoms with Gasteiger partial charge >= 0.3 is 0 Å². The number of hydrogen-bond acceptors (Lipinski definition) is 4. The van der Waals surface area contributed by atoms with Crippen molar-refractivity contribution >= 4 is 5.57 Å². The molecule has 0 heterocycles. The summed E-state index contributed by atoms with van der Waals surface area (Å²) in [5.74, 6) is 0.763. The number of methoxy groups -OCH3 is 2. The number of hydrogen-bond donors (Lipinski definition) is 2. The van der Waals surface area contributed by atoms with E-state index in [-0.39, 0.29) is 5.75 Å². The average Bonchev–Trinajstić information content (AvgIpc) is 2.47. The fourth-order valence-electron chi connectivity index (χ4n) is 2.17. The molecule has 0 spiro atoms. The molecule has 0 aliphatic rings. The molecule has 0 radical (unpaired) electrons. The van der Waals surface area contributed by atoms with Gasteiger partial charge in [0.05, 0.1) is 14.2 Å². The molecule has 0 atom stereocenters. The second-order valence-electron chi connectivity index (χ2n) is 4.84. The number of rotatable bonds is 8. The topological polar surface area (TPSA) is 50.7 Å². The number of nitrogens with one attached hydrogen (secondary N) is 1. The highest BCUT2D eigenvalue weighted by Crippen LogP contribution is 2.39. The molecule has 0 bridgehead atoms. The Morgan fingerprint density at radius 1 is 1.29 bits per heavy atom. The molecule has 116 valence electrons. The van der Waals surface area contributed by atoms with Crippen molar-refractivity contribution in [3.63, 3.8) is 0 Å². The molecule has 0 unspecified atom stereocenters. The van der Waals surface area contributed by atoms with Crippen molar-refractivity contribution < 1.29 is 14.6 Å². The number of likely N-dealkylation sites (N-methyl/N-ethyl adjacent to an activating group) is 1. The lowest BCUT2D eigenvalue weighted by atomic mass is 10.0. The molecule has 0 aliphatic carbocycles. The molecule has 0 amide bonds. The van der Waals surface area contributed by atoms with Gasteiger partial charge in [-0.2, -0.15) is 0 Å². The van der Waals surface area contributed by atoms with Gasteiger partial charge in [-0.3, -0.25) is 0 Å². The van der Waals surface area contributed by atoms with E-state index in [4.69, 9.17) is 9.47 Å². The van der Waals surface area contributed by atoms with Gasteiger partial charge in [-0.25, -0.2) is 0 Å². The zero-order valence-corrected chi connectivity index (χ0v) is 13.3. The van der Waals surface area contributed by atoms with Crippen LogP contribution in [-0.2, 0) is 0 Å².